The summed E-state index contributed by atoms with van der Waals surface area (Å²) in [5.74, 6) is -6.37. The number of hydrogen-bond acceptors (Lipinski definition) is 6. The van der Waals surface area contributed by atoms with Crippen molar-refractivity contribution in [1.82, 2.24) is 0 Å². The van der Waals surface area contributed by atoms with Gasteiger partial charge < -0.3 is 14.6 Å². The molecule has 0 heterocycles. The van der Waals surface area contributed by atoms with Crippen LogP contribution in [-0.4, -0.2) is 40.6 Å². The second kappa shape index (κ2) is 8.39. The van der Waals surface area contributed by atoms with Gasteiger partial charge in [0.05, 0.1) is 23.7 Å². The molecule has 0 amide bonds. The highest BCUT2D eigenvalue weighted by molar-refractivity contribution is 6.02. The Labute approximate surface area is 164 Å². The number of hydrogen-bond donors (Lipinski definition) is 1. The van der Waals surface area contributed by atoms with E-state index in [2.05, 4.69) is 0 Å². The molecule has 0 unspecified atom stereocenters. The molecule has 0 aliphatic heterocycles. The standard InChI is InChI=1S/C21H27FO6/c1-11(2)27-19(24)17-15(23)10-21(5,26)18(20(25)28-12(3)4)16(17)13-7-6-8-14(22)9-13/h6-9,11-12,16-18,26H,10H2,1-5H3/t16-,17-,18+,21-/m1/s1. The van der Waals surface area contributed by atoms with E-state index in [-0.39, 0.29) is 5.56 Å². The van der Waals surface area contributed by atoms with Gasteiger partial charge in [0.2, 0.25) is 0 Å². The average molecular weight is 394 g/mol. The third kappa shape index (κ3) is 4.76. The molecular weight excluding hydrogens is 367 g/mol. The number of benzene rings is 1. The molecule has 1 aromatic rings. The van der Waals surface area contributed by atoms with Crippen LogP contribution in [0, 0.1) is 17.7 Å². The van der Waals surface area contributed by atoms with E-state index in [1.165, 1.54) is 25.1 Å². The van der Waals surface area contributed by atoms with Gasteiger partial charge in [0.1, 0.15) is 11.7 Å². The first-order valence-corrected chi connectivity index (χ1v) is 9.35. The van der Waals surface area contributed by atoms with Crippen molar-refractivity contribution in [3.8, 4) is 0 Å². The Balaban J connectivity index is 2.61. The van der Waals surface area contributed by atoms with Gasteiger partial charge in [-0.2, -0.15) is 0 Å². The van der Waals surface area contributed by atoms with E-state index in [1.54, 1.807) is 27.7 Å². The van der Waals surface area contributed by atoms with Crippen molar-refractivity contribution in [2.75, 3.05) is 0 Å². The molecule has 1 aliphatic carbocycles. The van der Waals surface area contributed by atoms with Crippen molar-refractivity contribution < 1.29 is 33.4 Å². The summed E-state index contributed by atoms with van der Waals surface area (Å²) in [6.07, 6.45) is -1.35. The fraction of sp³-hybridized carbons (Fsp3) is 0.571. The zero-order valence-electron chi connectivity index (χ0n) is 16.8. The third-order valence-electron chi connectivity index (χ3n) is 4.71. The highest BCUT2D eigenvalue weighted by atomic mass is 19.1. The zero-order valence-corrected chi connectivity index (χ0v) is 16.8. The van der Waals surface area contributed by atoms with Gasteiger partial charge in [0.25, 0.3) is 0 Å². The molecule has 0 radical (unpaired) electrons. The lowest BCUT2D eigenvalue weighted by atomic mass is 9.61. The van der Waals surface area contributed by atoms with Gasteiger partial charge in [-0.1, -0.05) is 12.1 Å². The predicted molar refractivity (Wildman–Crippen MR) is 98.8 cm³/mol. The molecule has 1 N–H and O–H groups in total. The van der Waals surface area contributed by atoms with Crippen molar-refractivity contribution in [2.45, 2.75) is 64.8 Å². The number of ketones is 1. The summed E-state index contributed by atoms with van der Waals surface area (Å²) in [5.41, 5.74) is -1.50. The Morgan fingerprint density at radius 1 is 1.14 bits per heavy atom. The molecule has 0 saturated heterocycles. The summed E-state index contributed by atoms with van der Waals surface area (Å²) >= 11 is 0. The van der Waals surface area contributed by atoms with Crippen LogP contribution in [0.5, 0.6) is 0 Å². The molecule has 1 saturated carbocycles. The summed E-state index contributed by atoms with van der Waals surface area (Å²) in [6.45, 7) is 7.95. The number of esters is 2. The molecule has 0 spiro atoms. The van der Waals surface area contributed by atoms with E-state index in [9.17, 15) is 23.9 Å². The number of aliphatic hydroxyl groups is 1. The van der Waals surface area contributed by atoms with Gasteiger partial charge in [-0.15, -0.1) is 0 Å². The Morgan fingerprint density at radius 2 is 1.71 bits per heavy atom. The number of rotatable bonds is 5. The molecule has 1 aliphatic rings. The van der Waals surface area contributed by atoms with Gasteiger partial charge in [-0.3, -0.25) is 14.4 Å². The van der Waals surface area contributed by atoms with Gasteiger partial charge in [-0.25, -0.2) is 4.39 Å². The van der Waals surface area contributed by atoms with Crippen LogP contribution in [0.1, 0.15) is 52.5 Å². The predicted octanol–water partition coefficient (Wildman–Crippen LogP) is 2.77. The Hall–Kier alpha value is -2.28. The minimum Gasteiger partial charge on any atom is -0.463 e. The van der Waals surface area contributed by atoms with Gasteiger partial charge in [0.15, 0.2) is 5.78 Å². The van der Waals surface area contributed by atoms with Crippen molar-refractivity contribution in [3.05, 3.63) is 35.6 Å². The van der Waals surface area contributed by atoms with Crippen LogP contribution in [0.2, 0.25) is 0 Å². The summed E-state index contributed by atoms with van der Waals surface area (Å²) in [4.78, 5) is 38.4. The lowest BCUT2D eigenvalue weighted by Crippen LogP contribution is -2.55. The maximum atomic E-state index is 13.9. The Bertz CT molecular complexity index is 747. The van der Waals surface area contributed by atoms with E-state index in [0.29, 0.717) is 0 Å². The minimum atomic E-state index is -1.76. The van der Waals surface area contributed by atoms with Crippen LogP contribution in [0.25, 0.3) is 0 Å². The largest absolute Gasteiger partial charge is 0.463 e. The van der Waals surface area contributed by atoms with Crippen LogP contribution in [0.4, 0.5) is 4.39 Å². The van der Waals surface area contributed by atoms with E-state index in [4.69, 9.17) is 9.47 Å². The summed E-state index contributed by atoms with van der Waals surface area (Å²) in [7, 11) is 0. The third-order valence-corrected chi connectivity index (χ3v) is 4.71. The molecule has 7 heteroatoms. The van der Waals surface area contributed by atoms with Crippen molar-refractivity contribution >= 4 is 17.7 Å². The maximum Gasteiger partial charge on any atom is 0.317 e. The van der Waals surface area contributed by atoms with Gasteiger partial charge in [-0.05, 0) is 52.3 Å². The number of halogens is 1. The average Bonchev–Trinajstić information content (AvgIpc) is 2.51. The molecule has 1 aromatic carbocycles. The second-order valence-corrected chi connectivity index (χ2v) is 8.01. The van der Waals surface area contributed by atoms with E-state index in [1.807, 2.05) is 0 Å². The molecule has 2 rings (SSSR count). The SMILES string of the molecule is CC(C)OC(=O)[C@@H]1C(=O)C[C@@](C)(O)[C@H](C(=O)OC(C)C)[C@@H]1c1cccc(F)c1. The first kappa shape index (κ1) is 22.0. The first-order valence-electron chi connectivity index (χ1n) is 9.35. The molecule has 1 fully saturated rings. The van der Waals surface area contributed by atoms with Gasteiger partial charge in [0, 0.05) is 12.3 Å². The lowest BCUT2D eigenvalue weighted by Gasteiger charge is -2.44. The lowest BCUT2D eigenvalue weighted by molar-refractivity contribution is -0.176. The number of Topliss-reactive ketones (excluding diaryl/α,β-unsaturated/α-hetero) is 1. The molecule has 0 aromatic heterocycles. The zero-order chi connectivity index (χ0) is 21.2. The highest BCUT2D eigenvalue weighted by Gasteiger charge is 2.57. The number of carbonyl (C=O) groups is 3. The second-order valence-electron chi connectivity index (χ2n) is 8.01. The smallest absolute Gasteiger partial charge is 0.317 e. The molecule has 0 bridgehead atoms. The normalized spacial score (nSPS) is 27.8. The van der Waals surface area contributed by atoms with Crippen molar-refractivity contribution in [1.29, 1.82) is 0 Å². The fourth-order valence-electron chi connectivity index (χ4n) is 3.74. The van der Waals surface area contributed by atoms with Crippen LogP contribution < -0.4 is 0 Å². The topological polar surface area (TPSA) is 89.9 Å². The molecule has 28 heavy (non-hydrogen) atoms. The van der Waals surface area contributed by atoms with Crippen LogP contribution >= 0.6 is 0 Å². The fourth-order valence-corrected chi connectivity index (χ4v) is 3.74. The monoisotopic (exact) mass is 394 g/mol. The molecule has 154 valence electrons. The van der Waals surface area contributed by atoms with E-state index in [0.717, 1.165) is 6.07 Å². The first-order chi connectivity index (χ1) is 12.9. The molecular formula is C21H27FO6. The van der Waals surface area contributed by atoms with Crippen LogP contribution in [-0.2, 0) is 23.9 Å². The highest BCUT2D eigenvalue weighted by Crippen LogP contribution is 2.47. The van der Waals surface area contributed by atoms with E-state index >= 15 is 0 Å². The Kier molecular flexibility index (Phi) is 6.59. The Morgan fingerprint density at radius 3 is 2.25 bits per heavy atom. The van der Waals surface area contributed by atoms with Crippen molar-refractivity contribution in [2.24, 2.45) is 11.8 Å². The minimum absolute atomic E-state index is 0.254. The van der Waals surface area contributed by atoms with Crippen LogP contribution in [0.3, 0.4) is 0 Å². The van der Waals surface area contributed by atoms with Gasteiger partial charge >= 0.3 is 11.9 Å². The quantitative estimate of drug-likeness (QED) is 0.610. The molecule has 4 atom stereocenters. The van der Waals surface area contributed by atoms with Crippen molar-refractivity contribution in [3.63, 3.8) is 0 Å². The van der Waals surface area contributed by atoms with Crippen LogP contribution in [0.15, 0.2) is 24.3 Å². The number of ether oxygens (including phenoxy) is 2. The number of carbonyl (C=O) groups excluding carboxylic acids is 3. The summed E-state index contributed by atoms with van der Waals surface area (Å²) in [6, 6.07) is 5.32. The van der Waals surface area contributed by atoms with E-state index < -0.39 is 65.5 Å². The maximum absolute atomic E-state index is 13.9. The molecule has 6 nitrogen and oxygen atoms in total. The summed E-state index contributed by atoms with van der Waals surface area (Å²) in [5, 5.41) is 10.9. The summed E-state index contributed by atoms with van der Waals surface area (Å²) < 4.78 is 24.4.